The molecule has 0 radical (unpaired) electrons. The van der Waals surface area contributed by atoms with E-state index in [9.17, 15) is 4.39 Å². The van der Waals surface area contributed by atoms with Gasteiger partial charge in [0.25, 0.3) is 0 Å². The number of aromatic nitrogens is 2. The van der Waals surface area contributed by atoms with E-state index in [-0.39, 0.29) is 11.4 Å². The van der Waals surface area contributed by atoms with Crippen molar-refractivity contribution in [3.8, 4) is 0 Å². The first-order valence-corrected chi connectivity index (χ1v) is 6.44. The number of rotatable bonds is 3. The van der Waals surface area contributed by atoms with Crippen molar-refractivity contribution in [1.29, 1.82) is 0 Å². The molecule has 98 valence electrons. The minimum absolute atomic E-state index is 0.0948. The molecule has 1 heterocycles. The molecule has 0 bridgehead atoms. The summed E-state index contributed by atoms with van der Waals surface area (Å²) in [6, 6.07) is 8.70. The standard InChI is InChI=1S/C15H16FN3/c1-10-9-11(2)18-19-14(10)17-15(7-8-15)12-3-5-13(16)6-4-12/h3-6,9H,7-8H2,1-2H3,(H,17,19). The fourth-order valence-corrected chi connectivity index (χ4v) is 2.35. The molecule has 1 N–H and O–H groups in total. The van der Waals surface area contributed by atoms with Crippen molar-refractivity contribution >= 4 is 5.82 Å². The van der Waals surface area contributed by atoms with Crippen molar-refractivity contribution in [2.45, 2.75) is 32.2 Å². The Kier molecular flexibility index (Phi) is 2.73. The van der Waals surface area contributed by atoms with E-state index < -0.39 is 0 Å². The highest BCUT2D eigenvalue weighted by atomic mass is 19.1. The summed E-state index contributed by atoms with van der Waals surface area (Å²) in [4.78, 5) is 0. The number of halogens is 1. The molecule has 1 fully saturated rings. The number of hydrogen-bond donors (Lipinski definition) is 1. The summed E-state index contributed by atoms with van der Waals surface area (Å²) in [7, 11) is 0. The molecule has 3 nitrogen and oxygen atoms in total. The molecule has 2 aromatic rings. The molecule has 4 heteroatoms. The lowest BCUT2D eigenvalue weighted by Gasteiger charge is -2.19. The Morgan fingerprint density at radius 1 is 1.11 bits per heavy atom. The maximum atomic E-state index is 13.0. The van der Waals surface area contributed by atoms with Crippen LogP contribution in [0.1, 0.15) is 29.7 Å². The van der Waals surface area contributed by atoms with Gasteiger partial charge in [0.05, 0.1) is 11.2 Å². The van der Waals surface area contributed by atoms with E-state index in [2.05, 4.69) is 15.5 Å². The third-order valence-electron chi connectivity index (χ3n) is 3.61. The summed E-state index contributed by atoms with van der Waals surface area (Å²) >= 11 is 0. The van der Waals surface area contributed by atoms with Crippen LogP contribution in [0.15, 0.2) is 30.3 Å². The Labute approximate surface area is 111 Å². The number of nitrogens with zero attached hydrogens (tertiary/aromatic N) is 2. The van der Waals surface area contributed by atoms with Gasteiger partial charge in [-0.25, -0.2) is 4.39 Å². The van der Waals surface area contributed by atoms with Gasteiger partial charge < -0.3 is 5.32 Å². The van der Waals surface area contributed by atoms with Crippen molar-refractivity contribution < 1.29 is 4.39 Å². The lowest BCUT2D eigenvalue weighted by atomic mass is 10.0. The van der Waals surface area contributed by atoms with Gasteiger partial charge in [-0.15, -0.1) is 5.10 Å². The molecule has 1 aromatic carbocycles. The predicted octanol–water partition coefficient (Wildman–Crippen LogP) is 3.33. The first-order chi connectivity index (χ1) is 9.09. The van der Waals surface area contributed by atoms with E-state index >= 15 is 0 Å². The fraction of sp³-hybridized carbons (Fsp3) is 0.333. The van der Waals surface area contributed by atoms with Crippen LogP contribution in [-0.2, 0) is 5.54 Å². The second kappa shape index (κ2) is 4.30. The maximum Gasteiger partial charge on any atom is 0.152 e. The first-order valence-electron chi connectivity index (χ1n) is 6.44. The molecule has 0 amide bonds. The summed E-state index contributed by atoms with van der Waals surface area (Å²) in [6.45, 7) is 3.95. The molecule has 1 saturated carbocycles. The Hall–Kier alpha value is -1.97. The first kappa shape index (κ1) is 12.1. The number of aryl methyl sites for hydroxylation is 2. The van der Waals surface area contributed by atoms with Crippen LogP contribution in [0.4, 0.5) is 10.2 Å². The molecule has 0 aliphatic heterocycles. The van der Waals surface area contributed by atoms with Gasteiger partial charge in [0.15, 0.2) is 5.82 Å². The summed E-state index contributed by atoms with van der Waals surface area (Å²) in [5.74, 6) is 0.610. The SMILES string of the molecule is Cc1cc(C)c(NC2(c3ccc(F)cc3)CC2)nn1. The minimum Gasteiger partial charge on any atom is -0.359 e. The average molecular weight is 257 g/mol. The van der Waals surface area contributed by atoms with E-state index in [1.54, 1.807) is 0 Å². The second-order valence-electron chi connectivity index (χ2n) is 5.23. The monoisotopic (exact) mass is 257 g/mol. The average Bonchev–Trinajstić information content (AvgIpc) is 3.15. The summed E-state index contributed by atoms with van der Waals surface area (Å²) < 4.78 is 13.0. The molecule has 19 heavy (non-hydrogen) atoms. The minimum atomic E-state index is -0.203. The molecule has 1 aromatic heterocycles. The van der Waals surface area contributed by atoms with E-state index in [1.165, 1.54) is 12.1 Å². The van der Waals surface area contributed by atoms with Crippen LogP contribution in [0, 0.1) is 19.7 Å². The third-order valence-corrected chi connectivity index (χ3v) is 3.61. The van der Waals surface area contributed by atoms with Gasteiger partial charge in [-0.3, -0.25) is 0 Å². The lowest BCUT2D eigenvalue weighted by molar-refractivity contribution is 0.625. The topological polar surface area (TPSA) is 37.8 Å². The van der Waals surface area contributed by atoms with Crippen LogP contribution in [0.5, 0.6) is 0 Å². The van der Waals surface area contributed by atoms with Gasteiger partial charge in [-0.05, 0) is 56.0 Å². The normalized spacial score (nSPS) is 16.2. The van der Waals surface area contributed by atoms with Crippen LogP contribution < -0.4 is 5.32 Å². The molecular weight excluding hydrogens is 241 g/mol. The van der Waals surface area contributed by atoms with Gasteiger partial charge >= 0.3 is 0 Å². The van der Waals surface area contributed by atoms with E-state index in [0.717, 1.165) is 35.5 Å². The Morgan fingerprint density at radius 3 is 2.37 bits per heavy atom. The smallest absolute Gasteiger partial charge is 0.152 e. The molecule has 0 atom stereocenters. The molecule has 0 unspecified atom stereocenters. The van der Waals surface area contributed by atoms with Crippen molar-refractivity contribution in [1.82, 2.24) is 10.2 Å². The Morgan fingerprint density at radius 2 is 1.79 bits per heavy atom. The largest absolute Gasteiger partial charge is 0.359 e. The predicted molar refractivity (Wildman–Crippen MR) is 72.4 cm³/mol. The molecule has 1 aliphatic carbocycles. The molecule has 1 aliphatic rings. The zero-order chi connectivity index (χ0) is 13.5. The molecule has 0 spiro atoms. The van der Waals surface area contributed by atoms with E-state index in [4.69, 9.17) is 0 Å². The van der Waals surface area contributed by atoms with Gasteiger partial charge in [-0.1, -0.05) is 12.1 Å². The Bertz CT molecular complexity index is 603. The van der Waals surface area contributed by atoms with Crippen LogP contribution in [0.2, 0.25) is 0 Å². The van der Waals surface area contributed by atoms with Crippen LogP contribution >= 0.6 is 0 Å². The Balaban J connectivity index is 1.88. The van der Waals surface area contributed by atoms with Crippen LogP contribution in [0.25, 0.3) is 0 Å². The second-order valence-corrected chi connectivity index (χ2v) is 5.23. The van der Waals surface area contributed by atoms with Gasteiger partial charge in [0.1, 0.15) is 5.82 Å². The highest BCUT2D eigenvalue weighted by molar-refractivity contribution is 5.50. The van der Waals surface area contributed by atoms with Crippen molar-refractivity contribution in [3.05, 3.63) is 53.0 Å². The number of nitrogens with one attached hydrogen (secondary N) is 1. The molecule has 0 saturated heterocycles. The van der Waals surface area contributed by atoms with Gasteiger partial charge in [0.2, 0.25) is 0 Å². The zero-order valence-corrected chi connectivity index (χ0v) is 11.1. The highest BCUT2D eigenvalue weighted by Crippen LogP contribution is 2.48. The van der Waals surface area contributed by atoms with Gasteiger partial charge in [-0.2, -0.15) is 5.10 Å². The zero-order valence-electron chi connectivity index (χ0n) is 11.1. The van der Waals surface area contributed by atoms with E-state index in [1.807, 2.05) is 32.0 Å². The number of benzene rings is 1. The summed E-state index contributed by atoms with van der Waals surface area (Å²) in [5.41, 5.74) is 3.01. The van der Waals surface area contributed by atoms with Crippen LogP contribution in [0.3, 0.4) is 0 Å². The van der Waals surface area contributed by atoms with E-state index in [0.29, 0.717) is 0 Å². The summed E-state index contributed by atoms with van der Waals surface area (Å²) in [6.07, 6.45) is 2.07. The highest BCUT2D eigenvalue weighted by Gasteiger charge is 2.44. The number of anilines is 1. The van der Waals surface area contributed by atoms with Gasteiger partial charge in [0, 0.05) is 0 Å². The quantitative estimate of drug-likeness (QED) is 0.916. The molecular formula is C15H16FN3. The van der Waals surface area contributed by atoms with Crippen LogP contribution in [-0.4, -0.2) is 10.2 Å². The van der Waals surface area contributed by atoms with Crippen molar-refractivity contribution in [3.63, 3.8) is 0 Å². The molecule has 3 rings (SSSR count). The maximum absolute atomic E-state index is 13.0. The van der Waals surface area contributed by atoms with Crippen molar-refractivity contribution in [2.75, 3.05) is 5.32 Å². The number of hydrogen-bond acceptors (Lipinski definition) is 3. The lowest BCUT2D eigenvalue weighted by Crippen LogP contribution is -2.20. The van der Waals surface area contributed by atoms with Crippen molar-refractivity contribution in [2.24, 2.45) is 0 Å². The fourth-order valence-electron chi connectivity index (χ4n) is 2.35. The summed E-state index contributed by atoms with van der Waals surface area (Å²) in [5, 5.41) is 11.8. The third kappa shape index (κ3) is 2.30.